The van der Waals surface area contributed by atoms with Gasteiger partial charge in [0.2, 0.25) is 0 Å². The number of carbonyl (C=O) groups excluding carboxylic acids is 1. The highest BCUT2D eigenvalue weighted by molar-refractivity contribution is 5.95. The number of aromatic nitrogens is 3. The third-order valence-electron chi connectivity index (χ3n) is 6.41. The number of benzene rings is 2. The number of piperazine rings is 1. The number of methoxy groups -OCH3 is 1. The number of carbonyl (C=O) groups is 1. The molecule has 8 heteroatoms. The summed E-state index contributed by atoms with van der Waals surface area (Å²) in [6, 6.07) is 17.9. The molecular formula is C28H29N5O3. The normalized spacial score (nSPS) is 13.6. The van der Waals surface area contributed by atoms with Gasteiger partial charge in [-0.25, -0.2) is 19.7 Å². The van der Waals surface area contributed by atoms with E-state index in [4.69, 9.17) is 19.4 Å². The summed E-state index contributed by atoms with van der Waals surface area (Å²) < 4.78 is 10.8. The Morgan fingerprint density at radius 1 is 0.972 bits per heavy atom. The van der Waals surface area contributed by atoms with E-state index in [0.717, 1.165) is 46.7 Å². The molecule has 1 fully saturated rings. The second kappa shape index (κ2) is 10.2. The fraction of sp³-hybridized carbons (Fsp3) is 0.286. The van der Waals surface area contributed by atoms with E-state index in [-0.39, 0.29) is 0 Å². The quantitative estimate of drug-likeness (QED) is 0.371. The lowest BCUT2D eigenvalue weighted by molar-refractivity contribution is 0.0526. The van der Waals surface area contributed by atoms with Crippen molar-refractivity contribution in [2.45, 2.75) is 13.8 Å². The van der Waals surface area contributed by atoms with Crippen LogP contribution in [-0.2, 0) is 4.74 Å². The maximum atomic E-state index is 12.7. The van der Waals surface area contributed by atoms with Crippen molar-refractivity contribution in [1.29, 1.82) is 0 Å². The van der Waals surface area contributed by atoms with Crippen LogP contribution in [-0.4, -0.2) is 60.8 Å². The van der Waals surface area contributed by atoms with Gasteiger partial charge < -0.3 is 19.3 Å². The number of hydrogen-bond donors (Lipinski definition) is 0. The number of fused-ring (bicyclic) bond motifs is 1. The van der Waals surface area contributed by atoms with Gasteiger partial charge in [0.15, 0.2) is 5.82 Å². The molecule has 3 heterocycles. The van der Waals surface area contributed by atoms with Crippen LogP contribution < -0.4 is 14.5 Å². The molecule has 0 radical (unpaired) electrons. The minimum Gasteiger partial charge on any atom is -0.494 e. The smallest absolute Gasteiger partial charge is 0.343 e. The molecule has 4 aromatic rings. The maximum Gasteiger partial charge on any atom is 0.343 e. The molecule has 8 nitrogen and oxygen atoms in total. The van der Waals surface area contributed by atoms with Crippen molar-refractivity contribution < 1.29 is 14.3 Å². The Balaban J connectivity index is 1.43. The summed E-state index contributed by atoms with van der Waals surface area (Å²) in [6.45, 7) is 7.03. The number of hydrogen-bond acceptors (Lipinski definition) is 8. The van der Waals surface area contributed by atoms with Crippen LogP contribution in [0, 0.1) is 6.92 Å². The Hall–Kier alpha value is -4.20. The molecule has 0 aliphatic carbocycles. The largest absolute Gasteiger partial charge is 0.494 e. The summed E-state index contributed by atoms with van der Waals surface area (Å²) in [6.07, 6.45) is 1.58. The SMILES string of the molecule is CCOC(=O)c1cnc(-c2ccccc2)nc1N1CCN(c2cc(C)c3cccc(OC)c3n2)CC1. The van der Waals surface area contributed by atoms with Crippen molar-refractivity contribution in [3.63, 3.8) is 0 Å². The lowest BCUT2D eigenvalue weighted by Gasteiger charge is -2.36. The van der Waals surface area contributed by atoms with Crippen molar-refractivity contribution in [2.24, 2.45) is 0 Å². The van der Waals surface area contributed by atoms with Gasteiger partial charge >= 0.3 is 5.97 Å². The number of rotatable bonds is 6. The highest BCUT2D eigenvalue weighted by atomic mass is 16.5. The predicted molar refractivity (Wildman–Crippen MR) is 141 cm³/mol. The lowest BCUT2D eigenvalue weighted by atomic mass is 10.1. The average Bonchev–Trinajstić information content (AvgIpc) is 2.93. The van der Waals surface area contributed by atoms with Crippen LogP contribution in [0.25, 0.3) is 22.3 Å². The van der Waals surface area contributed by atoms with Gasteiger partial charge in [0.05, 0.1) is 13.7 Å². The standard InChI is InChI=1S/C28H29N5O3/c1-4-36-28(34)22-18-29-26(20-9-6-5-7-10-20)31-27(22)33-15-13-32(14-16-33)24-17-19(2)21-11-8-12-23(35-3)25(21)30-24/h5-12,17-18H,4,13-16H2,1-3H3. The summed E-state index contributed by atoms with van der Waals surface area (Å²) in [5.41, 5.74) is 3.31. The van der Waals surface area contributed by atoms with Crippen molar-refractivity contribution in [2.75, 3.05) is 49.7 Å². The number of aryl methyl sites for hydroxylation is 1. The molecule has 0 bridgehead atoms. The van der Waals surface area contributed by atoms with Crippen LogP contribution in [0.4, 0.5) is 11.6 Å². The summed E-state index contributed by atoms with van der Waals surface area (Å²) in [5, 5.41) is 1.09. The minimum absolute atomic E-state index is 0.295. The maximum absolute atomic E-state index is 12.7. The first kappa shape index (κ1) is 23.5. The van der Waals surface area contributed by atoms with Crippen molar-refractivity contribution >= 4 is 28.5 Å². The van der Waals surface area contributed by atoms with Gasteiger partial charge in [-0.15, -0.1) is 0 Å². The Kier molecular flexibility index (Phi) is 6.66. The van der Waals surface area contributed by atoms with Gasteiger partial charge in [0.25, 0.3) is 0 Å². The number of ether oxygens (including phenoxy) is 2. The summed E-state index contributed by atoms with van der Waals surface area (Å²) in [7, 11) is 1.67. The van der Waals surface area contributed by atoms with Crippen LogP contribution in [0.3, 0.4) is 0 Å². The molecule has 0 atom stereocenters. The van der Waals surface area contributed by atoms with Gasteiger partial charge in [0.1, 0.15) is 28.5 Å². The predicted octanol–water partition coefficient (Wildman–Crippen LogP) is 4.51. The Bertz CT molecular complexity index is 1390. The highest BCUT2D eigenvalue weighted by Gasteiger charge is 2.26. The monoisotopic (exact) mass is 483 g/mol. The van der Waals surface area contributed by atoms with E-state index in [9.17, 15) is 4.79 Å². The van der Waals surface area contributed by atoms with E-state index < -0.39 is 5.97 Å². The third kappa shape index (κ3) is 4.54. The number of para-hydroxylation sites is 1. The highest BCUT2D eigenvalue weighted by Crippen LogP contribution is 2.30. The minimum atomic E-state index is -0.409. The van der Waals surface area contributed by atoms with Crippen LogP contribution in [0.1, 0.15) is 22.8 Å². The van der Waals surface area contributed by atoms with Crippen molar-refractivity contribution in [3.8, 4) is 17.1 Å². The van der Waals surface area contributed by atoms with E-state index >= 15 is 0 Å². The number of esters is 1. The van der Waals surface area contributed by atoms with E-state index in [1.165, 1.54) is 0 Å². The van der Waals surface area contributed by atoms with Gasteiger partial charge in [-0.2, -0.15) is 0 Å². The van der Waals surface area contributed by atoms with E-state index in [1.807, 2.05) is 42.5 Å². The molecule has 0 saturated carbocycles. The molecule has 2 aromatic heterocycles. The van der Waals surface area contributed by atoms with E-state index in [2.05, 4.69) is 33.8 Å². The molecule has 184 valence electrons. The third-order valence-corrected chi connectivity index (χ3v) is 6.41. The van der Waals surface area contributed by atoms with Crippen LogP contribution in [0.15, 0.2) is 60.8 Å². The van der Waals surface area contributed by atoms with Crippen molar-refractivity contribution in [3.05, 3.63) is 71.9 Å². The van der Waals surface area contributed by atoms with E-state index in [0.29, 0.717) is 36.9 Å². The first-order valence-corrected chi connectivity index (χ1v) is 12.1. The van der Waals surface area contributed by atoms with Crippen LogP contribution in [0.5, 0.6) is 5.75 Å². The van der Waals surface area contributed by atoms with Gasteiger partial charge in [-0.05, 0) is 31.5 Å². The Morgan fingerprint density at radius 3 is 2.44 bits per heavy atom. The second-order valence-electron chi connectivity index (χ2n) is 8.65. The summed E-state index contributed by atoms with van der Waals surface area (Å²) in [4.78, 5) is 31.3. The number of anilines is 2. The molecule has 2 aromatic carbocycles. The number of pyridine rings is 1. The molecule has 36 heavy (non-hydrogen) atoms. The zero-order valence-corrected chi connectivity index (χ0v) is 20.8. The lowest BCUT2D eigenvalue weighted by Crippen LogP contribution is -2.47. The topological polar surface area (TPSA) is 80.7 Å². The van der Waals surface area contributed by atoms with Gasteiger partial charge in [-0.3, -0.25) is 0 Å². The molecule has 5 rings (SSSR count). The Morgan fingerprint density at radius 2 is 1.72 bits per heavy atom. The second-order valence-corrected chi connectivity index (χ2v) is 8.65. The zero-order valence-electron chi connectivity index (χ0n) is 20.8. The van der Waals surface area contributed by atoms with Crippen LogP contribution in [0.2, 0.25) is 0 Å². The molecule has 0 amide bonds. The average molecular weight is 484 g/mol. The molecule has 0 unspecified atom stereocenters. The molecule has 1 aliphatic rings. The summed E-state index contributed by atoms with van der Waals surface area (Å²) >= 11 is 0. The molecule has 0 spiro atoms. The first-order chi connectivity index (χ1) is 17.6. The van der Waals surface area contributed by atoms with Crippen LogP contribution >= 0.6 is 0 Å². The van der Waals surface area contributed by atoms with Gasteiger partial charge in [-0.1, -0.05) is 42.5 Å². The molecule has 1 aliphatic heterocycles. The summed E-state index contributed by atoms with van der Waals surface area (Å²) in [5.74, 6) is 2.46. The molecular weight excluding hydrogens is 454 g/mol. The zero-order chi connectivity index (χ0) is 25.1. The van der Waals surface area contributed by atoms with E-state index in [1.54, 1.807) is 20.2 Å². The number of nitrogens with zero attached hydrogens (tertiary/aromatic N) is 5. The fourth-order valence-electron chi connectivity index (χ4n) is 4.54. The van der Waals surface area contributed by atoms with Gasteiger partial charge in [0, 0.05) is 43.3 Å². The fourth-order valence-corrected chi connectivity index (χ4v) is 4.54. The Labute approximate surface area is 210 Å². The molecule has 1 saturated heterocycles. The van der Waals surface area contributed by atoms with Crippen molar-refractivity contribution in [1.82, 2.24) is 15.0 Å². The first-order valence-electron chi connectivity index (χ1n) is 12.1. The molecule has 0 N–H and O–H groups in total.